The molecule has 2 heterocycles. The summed E-state index contributed by atoms with van der Waals surface area (Å²) in [7, 11) is 1.45. The molecule has 0 saturated carbocycles. The highest BCUT2D eigenvalue weighted by molar-refractivity contribution is 6.43. The molecular formula is C18H11Cl3N2O2. The zero-order chi connectivity index (χ0) is 18.0. The summed E-state index contributed by atoms with van der Waals surface area (Å²) in [5.74, 6) is 0.235. The van der Waals surface area contributed by atoms with Crippen molar-refractivity contribution in [3.05, 3.63) is 63.4 Å². The zero-order valence-electron chi connectivity index (χ0n) is 13.0. The van der Waals surface area contributed by atoms with Crippen LogP contribution in [0.5, 0.6) is 5.88 Å². The third-order valence-corrected chi connectivity index (χ3v) is 4.79. The molecule has 7 heteroatoms. The standard InChI is InChI=1S/C18H11Cl3N2O2/c1-25-18-10(9-24)5-6-14(23-18)13-4-2-3-11(15(13)19)12-7-8-22-17(21)16(12)20/h2-9H,1H3. The molecule has 0 saturated heterocycles. The number of halogens is 3. The normalized spacial score (nSPS) is 10.6. The lowest BCUT2D eigenvalue weighted by molar-refractivity contribution is 0.112. The smallest absolute Gasteiger partial charge is 0.224 e. The third-order valence-electron chi connectivity index (χ3n) is 3.62. The molecule has 0 amide bonds. The number of ether oxygens (including phenoxy) is 1. The summed E-state index contributed by atoms with van der Waals surface area (Å²) < 4.78 is 5.16. The van der Waals surface area contributed by atoms with Gasteiger partial charge in [-0.3, -0.25) is 4.79 Å². The van der Waals surface area contributed by atoms with E-state index >= 15 is 0 Å². The van der Waals surface area contributed by atoms with Crippen LogP contribution in [0.25, 0.3) is 22.4 Å². The second-order valence-corrected chi connectivity index (χ2v) is 6.16. The largest absolute Gasteiger partial charge is 0.480 e. The van der Waals surface area contributed by atoms with E-state index in [0.29, 0.717) is 44.3 Å². The van der Waals surface area contributed by atoms with Crippen molar-refractivity contribution in [3.8, 4) is 28.3 Å². The molecule has 0 atom stereocenters. The summed E-state index contributed by atoms with van der Waals surface area (Å²) >= 11 is 18.9. The Bertz CT molecular complexity index is 961. The summed E-state index contributed by atoms with van der Waals surface area (Å²) in [6.45, 7) is 0. The SMILES string of the molecule is COc1nc(-c2cccc(-c3ccnc(Cl)c3Cl)c2Cl)ccc1C=O. The van der Waals surface area contributed by atoms with Gasteiger partial charge in [0.1, 0.15) is 5.15 Å². The number of nitrogens with zero attached hydrogens (tertiary/aromatic N) is 2. The maximum Gasteiger partial charge on any atom is 0.224 e. The van der Waals surface area contributed by atoms with Gasteiger partial charge in [-0.05, 0) is 18.2 Å². The fourth-order valence-electron chi connectivity index (χ4n) is 2.42. The molecular weight excluding hydrogens is 383 g/mol. The van der Waals surface area contributed by atoms with Crippen molar-refractivity contribution in [2.45, 2.75) is 0 Å². The van der Waals surface area contributed by atoms with Crippen LogP contribution in [-0.2, 0) is 0 Å². The quantitative estimate of drug-likeness (QED) is 0.428. The van der Waals surface area contributed by atoms with Gasteiger partial charge in [0.2, 0.25) is 5.88 Å². The molecule has 126 valence electrons. The van der Waals surface area contributed by atoms with Crippen molar-refractivity contribution < 1.29 is 9.53 Å². The number of carbonyl (C=O) groups excluding carboxylic acids is 1. The van der Waals surface area contributed by atoms with Crippen LogP contribution in [0.15, 0.2) is 42.6 Å². The fraction of sp³-hybridized carbons (Fsp3) is 0.0556. The van der Waals surface area contributed by atoms with Crippen LogP contribution in [0.4, 0.5) is 0 Å². The molecule has 0 bridgehead atoms. The third kappa shape index (κ3) is 3.33. The molecule has 0 fully saturated rings. The van der Waals surface area contributed by atoms with Crippen molar-refractivity contribution in [3.63, 3.8) is 0 Å². The summed E-state index contributed by atoms with van der Waals surface area (Å²) in [4.78, 5) is 19.3. The van der Waals surface area contributed by atoms with Crippen molar-refractivity contribution in [2.24, 2.45) is 0 Å². The number of hydrogen-bond acceptors (Lipinski definition) is 4. The minimum absolute atomic E-state index is 0.204. The monoisotopic (exact) mass is 392 g/mol. The van der Waals surface area contributed by atoms with Gasteiger partial charge in [0.25, 0.3) is 0 Å². The Balaban J connectivity index is 2.17. The average molecular weight is 394 g/mol. The summed E-state index contributed by atoms with van der Waals surface area (Å²) in [5.41, 5.74) is 2.99. The number of pyridine rings is 2. The van der Waals surface area contributed by atoms with E-state index in [1.807, 2.05) is 18.2 Å². The van der Waals surface area contributed by atoms with Crippen LogP contribution < -0.4 is 4.74 Å². The van der Waals surface area contributed by atoms with Crippen molar-refractivity contribution >= 4 is 41.1 Å². The van der Waals surface area contributed by atoms with E-state index in [1.54, 1.807) is 24.4 Å². The minimum Gasteiger partial charge on any atom is -0.480 e. The van der Waals surface area contributed by atoms with Gasteiger partial charge in [-0.2, -0.15) is 0 Å². The van der Waals surface area contributed by atoms with Gasteiger partial charge in [0.15, 0.2) is 6.29 Å². The first-order valence-electron chi connectivity index (χ1n) is 7.16. The minimum atomic E-state index is 0.204. The first kappa shape index (κ1) is 17.7. The van der Waals surface area contributed by atoms with E-state index in [9.17, 15) is 4.79 Å². The Hall–Kier alpha value is -2.14. The van der Waals surface area contributed by atoms with Gasteiger partial charge in [-0.1, -0.05) is 53.0 Å². The van der Waals surface area contributed by atoms with E-state index in [4.69, 9.17) is 39.5 Å². The van der Waals surface area contributed by atoms with Crippen molar-refractivity contribution in [1.29, 1.82) is 0 Å². The second kappa shape index (κ2) is 7.40. The molecule has 1 aromatic carbocycles. The van der Waals surface area contributed by atoms with Crippen molar-refractivity contribution in [2.75, 3.05) is 7.11 Å². The number of hydrogen-bond donors (Lipinski definition) is 0. The van der Waals surface area contributed by atoms with E-state index in [-0.39, 0.29) is 11.0 Å². The molecule has 0 aliphatic carbocycles. The van der Waals surface area contributed by atoms with Crippen LogP contribution in [0.2, 0.25) is 15.2 Å². The lowest BCUT2D eigenvalue weighted by Gasteiger charge is -2.12. The van der Waals surface area contributed by atoms with Gasteiger partial charge < -0.3 is 4.74 Å². The van der Waals surface area contributed by atoms with E-state index in [2.05, 4.69) is 9.97 Å². The highest BCUT2D eigenvalue weighted by Gasteiger charge is 2.16. The zero-order valence-corrected chi connectivity index (χ0v) is 15.2. The van der Waals surface area contributed by atoms with Crippen LogP contribution in [0.1, 0.15) is 10.4 Å². The number of benzene rings is 1. The van der Waals surface area contributed by atoms with Crippen LogP contribution >= 0.6 is 34.8 Å². The molecule has 2 aromatic heterocycles. The first-order valence-corrected chi connectivity index (χ1v) is 8.29. The van der Waals surface area contributed by atoms with Crippen molar-refractivity contribution in [1.82, 2.24) is 9.97 Å². The Morgan fingerprint density at radius 3 is 2.40 bits per heavy atom. The molecule has 0 N–H and O–H groups in total. The maximum absolute atomic E-state index is 11.0. The molecule has 25 heavy (non-hydrogen) atoms. The lowest BCUT2D eigenvalue weighted by Crippen LogP contribution is -1.96. The van der Waals surface area contributed by atoms with E-state index in [1.165, 1.54) is 7.11 Å². The Morgan fingerprint density at radius 2 is 1.68 bits per heavy atom. The first-order chi connectivity index (χ1) is 12.1. The van der Waals surface area contributed by atoms with Gasteiger partial charge in [-0.25, -0.2) is 9.97 Å². The Kier molecular flexibility index (Phi) is 5.23. The number of rotatable bonds is 4. The predicted octanol–water partition coefficient (Wildman–Crippen LogP) is 5.59. The highest BCUT2D eigenvalue weighted by Crippen LogP contribution is 2.40. The van der Waals surface area contributed by atoms with Gasteiger partial charge in [0.05, 0.1) is 28.4 Å². The number of aldehydes is 1. The number of methoxy groups -OCH3 is 1. The van der Waals surface area contributed by atoms with E-state index < -0.39 is 0 Å². The molecule has 0 spiro atoms. The molecule has 3 rings (SSSR count). The molecule has 3 aromatic rings. The van der Waals surface area contributed by atoms with Crippen LogP contribution in [-0.4, -0.2) is 23.4 Å². The topological polar surface area (TPSA) is 52.1 Å². The Morgan fingerprint density at radius 1 is 0.960 bits per heavy atom. The molecule has 0 radical (unpaired) electrons. The van der Waals surface area contributed by atoms with Gasteiger partial charge in [0, 0.05) is 22.9 Å². The highest BCUT2D eigenvalue weighted by atomic mass is 35.5. The Labute approximate surface area is 159 Å². The number of aromatic nitrogens is 2. The van der Waals surface area contributed by atoms with Crippen LogP contribution in [0.3, 0.4) is 0 Å². The van der Waals surface area contributed by atoms with Gasteiger partial charge in [-0.15, -0.1) is 0 Å². The average Bonchev–Trinajstić information content (AvgIpc) is 2.64. The van der Waals surface area contributed by atoms with E-state index in [0.717, 1.165) is 0 Å². The summed E-state index contributed by atoms with van der Waals surface area (Å²) in [6.07, 6.45) is 2.25. The maximum atomic E-state index is 11.0. The molecule has 4 nitrogen and oxygen atoms in total. The molecule has 0 aliphatic heterocycles. The summed E-state index contributed by atoms with van der Waals surface area (Å²) in [6, 6.07) is 10.6. The van der Waals surface area contributed by atoms with Gasteiger partial charge >= 0.3 is 0 Å². The predicted molar refractivity (Wildman–Crippen MR) is 99.9 cm³/mol. The second-order valence-electron chi connectivity index (χ2n) is 5.04. The molecule has 0 aliphatic rings. The van der Waals surface area contributed by atoms with Crippen LogP contribution in [0, 0.1) is 0 Å². The summed E-state index contributed by atoms with van der Waals surface area (Å²) in [5, 5.41) is 0.987. The number of carbonyl (C=O) groups is 1. The molecule has 0 unspecified atom stereocenters. The lowest BCUT2D eigenvalue weighted by atomic mass is 10.0. The fourth-order valence-corrected chi connectivity index (χ4v) is 3.11.